The van der Waals surface area contributed by atoms with Gasteiger partial charge >= 0.3 is 5.97 Å². The van der Waals surface area contributed by atoms with Crippen LogP contribution >= 0.6 is 27.7 Å². The topological polar surface area (TPSA) is 68.2 Å². The van der Waals surface area contributed by atoms with Gasteiger partial charge in [0.2, 0.25) is 0 Å². The first-order valence-corrected chi connectivity index (χ1v) is 12.5. The predicted molar refractivity (Wildman–Crippen MR) is 143 cm³/mol. The number of aliphatic imine (C=N–C) groups is 1. The Morgan fingerprint density at radius 1 is 1.03 bits per heavy atom. The molecule has 0 unspecified atom stereocenters. The summed E-state index contributed by atoms with van der Waals surface area (Å²) in [6.45, 7) is 2.90. The fraction of sp³-hybridized carbons (Fsp3) is 0.148. The van der Waals surface area contributed by atoms with Crippen molar-refractivity contribution in [3.63, 3.8) is 0 Å². The molecule has 0 aliphatic carbocycles. The molecule has 0 N–H and O–H groups in total. The molecule has 0 radical (unpaired) electrons. The fourth-order valence-electron chi connectivity index (χ4n) is 3.33. The normalized spacial score (nSPS) is 15.6. The highest BCUT2D eigenvalue weighted by atomic mass is 79.9. The summed E-state index contributed by atoms with van der Waals surface area (Å²) in [5.41, 5.74) is 3.08. The van der Waals surface area contributed by atoms with Gasteiger partial charge in [-0.15, -0.1) is 0 Å². The lowest BCUT2D eigenvalue weighted by molar-refractivity contribution is -0.122. The van der Waals surface area contributed by atoms with Gasteiger partial charge in [0.15, 0.2) is 5.17 Å². The molecule has 1 heterocycles. The number of benzene rings is 3. The lowest BCUT2D eigenvalue weighted by Gasteiger charge is -2.12. The van der Waals surface area contributed by atoms with Crippen LogP contribution < -0.4 is 4.74 Å². The third kappa shape index (κ3) is 6.21. The molecule has 3 aromatic rings. The number of hydrogen-bond acceptors (Lipinski definition) is 6. The van der Waals surface area contributed by atoms with E-state index >= 15 is 0 Å². The van der Waals surface area contributed by atoms with E-state index in [1.807, 2.05) is 61.5 Å². The second-order valence-corrected chi connectivity index (χ2v) is 9.50. The Bertz CT molecular complexity index is 1270. The van der Waals surface area contributed by atoms with Crippen molar-refractivity contribution in [1.82, 2.24) is 4.90 Å². The zero-order valence-electron chi connectivity index (χ0n) is 19.2. The Labute approximate surface area is 216 Å². The van der Waals surface area contributed by atoms with Crippen LogP contribution in [0.4, 0.5) is 5.69 Å². The molecule has 3 aromatic carbocycles. The Morgan fingerprint density at radius 2 is 1.71 bits per heavy atom. The van der Waals surface area contributed by atoms with Gasteiger partial charge in [-0.3, -0.25) is 9.69 Å². The third-order valence-electron chi connectivity index (χ3n) is 5.21. The quantitative estimate of drug-likeness (QED) is 0.250. The van der Waals surface area contributed by atoms with Crippen LogP contribution in [0, 0.1) is 0 Å². The van der Waals surface area contributed by atoms with E-state index in [2.05, 4.69) is 20.9 Å². The molecular formula is C27H23BrN2O4S. The van der Waals surface area contributed by atoms with E-state index in [0.29, 0.717) is 34.5 Å². The van der Waals surface area contributed by atoms with Gasteiger partial charge in [0, 0.05) is 11.0 Å². The van der Waals surface area contributed by atoms with E-state index < -0.39 is 5.97 Å². The van der Waals surface area contributed by atoms with E-state index in [-0.39, 0.29) is 5.91 Å². The van der Waals surface area contributed by atoms with Crippen LogP contribution in [-0.2, 0) is 16.1 Å². The molecule has 6 nitrogen and oxygen atoms in total. The summed E-state index contributed by atoms with van der Waals surface area (Å²) >= 11 is 4.76. The highest BCUT2D eigenvalue weighted by molar-refractivity contribution is 9.10. The standard InChI is InChI=1S/C27H23BrN2O4S/c1-3-30-25(31)24(35-27(30)29-22-12-8-20(9-13-22)26(32)33-2)16-18-6-14-23(15-7-18)34-17-19-4-10-21(28)11-5-19/h4-16H,3,17H2,1-2H3/b24-16+,29-27?. The highest BCUT2D eigenvalue weighted by Gasteiger charge is 2.32. The number of esters is 1. The maximum atomic E-state index is 12.9. The first kappa shape index (κ1) is 24.8. The minimum atomic E-state index is -0.403. The van der Waals surface area contributed by atoms with Crippen LogP contribution in [0.15, 0.2) is 87.2 Å². The zero-order valence-corrected chi connectivity index (χ0v) is 21.6. The van der Waals surface area contributed by atoms with Crippen molar-refractivity contribution in [2.45, 2.75) is 13.5 Å². The SMILES string of the molecule is CCN1C(=O)/C(=C\c2ccc(OCc3ccc(Br)cc3)cc2)SC1=Nc1ccc(C(=O)OC)cc1. The molecule has 0 spiro atoms. The van der Waals surface area contributed by atoms with Crippen molar-refractivity contribution in [3.05, 3.63) is 98.9 Å². The largest absolute Gasteiger partial charge is 0.489 e. The van der Waals surface area contributed by atoms with Gasteiger partial charge in [0.1, 0.15) is 12.4 Å². The van der Waals surface area contributed by atoms with Crippen LogP contribution in [0.3, 0.4) is 0 Å². The Kier molecular flexibility index (Phi) is 8.05. The van der Waals surface area contributed by atoms with Crippen LogP contribution in [-0.4, -0.2) is 35.6 Å². The number of ether oxygens (including phenoxy) is 2. The second kappa shape index (κ2) is 11.4. The van der Waals surface area contributed by atoms with Crippen LogP contribution in [0.25, 0.3) is 6.08 Å². The van der Waals surface area contributed by atoms with Crippen LogP contribution in [0.1, 0.15) is 28.4 Å². The van der Waals surface area contributed by atoms with Crippen molar-refractivity contribution in [3.8, 4) is 5.75 Å². The summed E-state index contributed by atoms with van der Waals surface area (Å²) in [6, 6.07) is 22.4. The third-order valence-corrected chi connectivity index (χ3v) is 6.75. The summed E-state index contributed by atoms with van der Waals surface area (Å²) < 4.78 is 11.6. The number of carbonyl (C=O) groups is 2. The average molecular weight is 551 g/mol. The van der Waals surface area contributed by atoms with Crippen molar-refractivity contribution in [2.24, 2.45) is 4.99 Å². The number of likely N-dealkylation sites (N-methyl/N-ethyl adjacent to an activating group) is 1. The highest BCUT2D eigenvalue weighted by Crippen LogP contribution is 2.34. The van der Waals surface area contributed by atoms with Gasteiger partial charge in [0.05, 0.1) is 23.3 Å². The molecule has 1 saturated heterocycles. The van der Waals surface area contributed by atoms with Gasteiger partial charge in [-0.2, -0.15) is 0 Å². The minimum Gasteiger partial charge on any atom is -0.489 e. The molecule has 0 atom stereocenters. The van der Waals surface area contributed by atoms with E-state index in [0.717, 1.165) is 21.3 Å². The summed E-state index contributed by atoms with van der Waals surface area (Å²) in [5, 5.41) is 0.601. The average Bonchev–Trinajstić information content (AvgIpc) is 3.17. The molecule has 1 amide bonds. The summed E-state index contributed by atoms with van der Waals surface area (Å²) in [5.74, 6) is 0.270. The molecule has 1 fully saturated rings. The van der Waals surface area contributed by atoms with E-state index in [1.165, 1.54) is 18.9 Å². The van der Waals surface area contributed by atoms with Gasteiger partial charge in [0.25, 0.3) is 5.91 Å². The Balaban J connectivity index is 1.45. The number of hydrogen-bond donors (Lipinski definition) is 0. The predicted octanol–water partition coefficient (Wildman–Crippen LogP) is 6.44. The molecular weight excluding hydrogens is 528 g/mol. The summed E-state index contributed by atoms with van der Waals surface area (Å²) in [6.07, 6.45) is 1.86. The minimum absolute atomic E-state index is 0.0852. The molecule has 178 valence electrons. The maximum absolute atomic E-state index is 12.9. The van der Waals surface area contributed by atoms with E-state index in [9.17, 15) is 9.59 Å². The van der Waals surface area contributed by atoms with Gasteiger partial charge in [-0.25, -0.2) is 9.79 Å². The van der Waals surface area contributed by atoms with E-state index in [4.69, 9.17) is 9.47 Å². The summed E-state index contributed by atoms with van der Waals surface area (Å²) in [4.78, 5) is 31.4. The lowest BCUT2D eigenvalue weighted by Crippen LogP contribution is -2.28. The van der Waals surface area contributed by atoms with Crippen molar-refractivity contribution >= 4 is 56.5 Å². The number of carbonyl (C=O) groups excluding carboxylic acids is 2. The number of thioether (sulfide) groups is 1. The van der Waals surface area contributed by atoms with Gasteiger partial charge in [-0.05, 0) is 84.4 Å². The molecule has 4 rings (SSSR count). The Hall–Kier alpha value is -3.36. The van der Waals surface area contributed by atoms with Crippen LogP contribution in [0.5, 0.6) is 5.75 Å². The second-order valence-electron chi connectivity index (χ2n) is 7.58. The monoisotopic (exact) mass is 550 g/mol. The van der Waals surface area contributed by atoms with E-state index in [1.54, 1.807) is 29.2 Å². The van der Waals surface area contributed by atoms with Crippen LogP contribution in [0.2, 0.25) is 0 Å². The first-order chi connectivity index (χ1) is 17.0. The molecule has 0 bridgehead atoms. The summed E-state index contributed by atoms with van der Waals surface area (Å²) in [7, 11) is 1.34. The number of nitrogens with zero attached hydrogens (tertiary/aromatic N) is 2. The van der Waals surface area contributed by atoms with Gasteiger partial charge < -0.3 is 9.47 Å². The molecule has 1 aliphatic heterocycles. The Morgan fingerprint density at radius 3 is 2.34 bits per heavy atom. The fourth-order valence-corrected chi connectivity index (χ4v) is 4.66. The zero-order chi connectivity index (χ0) is 24.8. The molecule has 8 heteroatoms. The number of halogens is 1. The number of amides is 1. The number of rotatable bonds is 7. The van der Waals surface area contributed by atoms with Crippen molar-refractivity contribution in [2.75, 3.05) is 13.7 Å². The first-order valence-electron chi connectivity index (χ1n) is 10.9. The molecule has 35 heavy (non-hydrogen) atoms. The molecule has 0 aromatic heterocycles. The van der Waals surface area contributed by atoms with Crippen molar-refractivity contribution < 1.29 is 19.1 Å². The smallest absolute Gasteiger partial charge is 0.337 e. The maximum Gasteiger partial charge on any atom is 0.337 e. The van der Waals surface area contributed by atoms with Crippen molar-refractivity contribution in [1.29, 1.82) is 0 Å². The van der Waals surface area contributed by atoms with Gasteiger partial charge in [-0.1, -0.05) is 40.2 Å². The number of amidine groups is 1. The lowest BCUT2D eigenvalue weighted by atomic mass is 10.2. The molecule has 0 saturated carbocycles. The number of methoxy groups -OCH3 is 1. The molecule has 1 aliphatic rings.